The van der Waals surface area contributed by atoms with E-state index in [4.69, 9.17) is 24.3 Å². The number of carbonyl (C=O) groups excluding carboxylic acids is 2. The Morgan fingerprint density at radius 3 is 2.54 bits per heavy atom. The Morgan fingerprint density at radius 2 is 1.88 bits per heavy atom. The fraction of sp³-hybridized carbons (Fsp3) is 0.314. The van der Waals surface area contributed by atoms with E-state index in [-0.39, 0.29) is 49.9 Å². The van der Waals surface area contributed by atoms with Crippen LogP contribution in [0, 0.1) is 5.82 Å². The second-order valence-electron chi connectivity index (χ2n) is 12.7. The Labute approximate surface area is 307 Å². The molecular weight excluding hydrogens is 798 g/mol. The van der Waals surface area contributed by atoms with Gasteiger partial charge in [0.15, 0.2) is 29.7 Å². The zero-order valence-electron chi connectivity index (χ0n) is 28.0. The fourth-order valence-corrected chi connectivity index (χ4v) is 7.92. The lowest BCUT2D eigenvalue weighted by atomic mass is 9.96. The summed E-state index contributed by atoms with van der Waals surface area (Å²) in [7, 11) is 1.25. The molecule has 5 aromatic rings. The van der Waals surface area contributed by atoms with Gasteiger partial charge in [0.1, 0.15) is 23.9 Å². The number of aromatic nitrogens is 4. The largest absolute Gasteiger partial charge is 0.486 e. The quantitative estimate of drug-likeness (QED) is 0.0826. The number of benzene rings is 3. The van der Waals surface area contributed by atoms with Crippen LogP contribution in [0.15, 0.2) is 60.7 Å². The van der Waals surface area contributed by atoms with Crippen LogP contribution in [-0.4, -0.2) is 54.2 Å². The number of carbonyl (C=O) groups is 2. The first-order chi connectivity index (χ1) is 24.0. The number of hydrogen-bond acceptors (Lipinski definition) is 8. The number of imidazole rings is 1. The lowest BCUT2D eigenvalue weighted by molar-refractivity contribution is -0.147. The molecule has 3 heterocycles. The lowest BCUT2D eigenvalue weighted by Crippen LogP contribution is -2.50. The molecular formula is C35H35F2IN5O5PS. The van der Waals surface area contributed by atoms with Gasteiger partial charge in [-0.15, -0.1) is 3.89 Å². The summed E-state index contributed by atoms with van der Waals surface area (Å²) in [5.41, 5.74) is 4.63. The zero-order valence-corrected chi connectivity index (χ0v) is 32.0. The second-order valence-corrected chi connectivity index (χ2v) is 15.2. The molecule has 6 rings (SSSR count). The molecule has 15 heteroatoms. The number of nitrogens with zero attached hydrogens (tertiary/aromatic N) is 5. The summed E-state index contributed by atoms with van der Waals surface area (Å²) in [6.07, 6.45) is 0.130. The van der Waals surface area contributed by atoms with E-state index in [2.05, 4.69) is 22.0 Å². The Bertz CT molecular complexity index is 2070. The van der Waals surface area contributed by atoms with Crippen LogP contribution < -0.4 is 4.74 Å². The van der Waals surface area contributed by atoms with Crippen LogP contribution in [0.5, 0.6) is 5.75 Å². The van der Waals surface area contributed by atoms with Crippen molar-refractivity contribution in [3.8, 4) is 28.4 Å². The molecule has 3 aromatic carbocycles. The van der Waals surface area contributed by atoms with Crippen molar-refractivity contribution in [2.75, 3.05) is 7.11 Å². The van der Waals surface area contributed by atoms with Gasteiger partial charge >= 0.3 is 12.1 Å². The van der Waals surface area contributed by atoms with Crippen LogP contribution in [0.3, 0.4) is 0 Å². The number of ether oxygens (including phenoxy) is 3. The SMILES string of the molecule is CCc1cc(OCc2ccccc2)c(F)cc1-c1ccc2c(-c3nc4c(n3SF)CN(C(=O)OC(C)(C)C)C(C(=O)OC)C4)nn(PI)c2c1. The van der Waals surface area contributed by atoms with Gasteiger partial charge in [0.25, 0.3) is 0 Å². The third-order valence-electron chi connectivity index (χ3n) is 8.32. The van der Waals surface area contributed by atoms with Crippen molar-refractivity contribution in [1.82, 2.24) is 23.4 Å². The average Bonchev–Trinajstić information content (AvgIpc) is 3.66. The Balaban J connectivity index is 1.38. The molecule has 10 nitrogen and oxygen atoms in total. The van der Waals surface area contributed by atoms with E-state index < -0.39 is 29.5 Å². The summed E-state index contributed by atoms with van der Waals surface area (Å²) in [5.74, 6) is -0.659. The maximum absolute atomic E-state index is 15.4. The van der Waals surface area contributed by atoms with E-state index in [0.29, 0.717) is 28.9 Å². The zero-order chi connectivity index (χ0) is 35.7. The van der Waals surface area contributed by atoms with Gasteiger partial charge in [-0.2, -0.15) is 5.10 Å². The number of esters is 1. The molecule has 2 unspecified atom stereocenters. The molecule has 1 aliphatic rings. The van der Waals surface area contributed by atoms with Gasteiger partial charge in [0.2, 0.25) is 0 Å². The molecule has 0 saturated carbocycles. The highest BCUT2D eigenvalue weighted by Gasteiger charge is 2.41. The van der Waals surface area contributed by atoms with Gasteiger partial charge in [0, 0.05) is 11.8 Å². The number of fused-ring (bicyclic) bond motifs is 2. The topological polar surface area (TPSA) is 101 Å². The molecule has 0 radical (unpaired) electrons. The monoisotopic (exact) mass is 833 g/mol. The van der Waals surface area contributed by atoms with Crippen LogP contribution in [0.2, 0.25) is 0 Å². The maximum atomic E-state index is 15.4. The summed E-state index contributed by atoms with van der Waals surface area (Å²) in [6, 6.07) is 17.6. The Hall–Kier alpha value is -3.75. The standard InChI is InChI=1S/C35H35F2IN5O5PS/c1-6-21-15-30(47-19-20-10-8-7-9-11-20)25(36)16-24(21)22-12-13-23-27(14-22)43(49-38)40-31(23)32-39-26-17-28(33(44)46-5)41(18-29(26)42(32)50-37)34(45)48-35(2,3)4/h7-16,28,49H,6,17-19H2,1-5H3. The molecule has 0 aliphatic carbocycles. The van der Waals surface area contributed by atoms with Crippen molar-refractivity contribution in [2.24, 2.45) is 0 Å². The van der Waals surface area contributed by atoms with Gasteiger partial charge in [0.05, 0.1) is 36.9 Å². The minimum Gasteiger partial charge on any atom is -0.486 e. The highest BCUT2D eigenvalue weighted by Crippen LogP contribution is 2.41. The highest BCUT2D eigenvalue weighted by molar-refractivity contribution is 14.2. The molecule has 0 bridgehead atoms. The van der Waals surface area contributed by atoms with Crippen LogP contribution >= 0.6 is 40.7 Å². The van der Waals surface area contributed by atoms with Crippen molar-refractivity contribution < 1.29 is 32.1 Å². The molecule has 1 amide bonds. The minimum atomic E-state index is -1.00. The lowest BCUT2D eigenvalue weighted by Gasteiger charge is -2.34. The van der Waals surface area contributed by atoms with Crippen molar-refractivity contribution in [3.05, 3.63) is 89.0 Å². The number of amides is 1. The van der Waals surface area contributed by atoms with Crippen LogP contribution in [0.1, 0.15) is 50.2 Å². The van der Waals surface area contributed by atoms with E-state index in [9.17, 15) is 13.5 Å². The van der Waals surface area contributed by atoms with E-state index in [1.54, 1.807) is 31.3 Å². The van der Waals surface area contributed by atoms with E-state index in [1.165, 1.54) is 22.0 Å². The molecule has 2 atom stereocenters. The summed E-state index contributed by atoms with van der Waals surface area (Å²) in [5, 5.41) is 5.55. The second kappa shape index (κ2) is 14.8. The highest BCUT2D eigenvalue weighted by atomic mass is 127. The molecule has 0 N–H and O–H groups in total. The summed E-state index contributed by atoms with van der Waals surface area (Å²) >= 11 is 2.17. The predicted molar refractivity (Wildman–Crippen MR) is 200 cm³/mol. The van der Waals surface area contributed by atoms with Gasteiger partial charge < -0.3 is 14.2 Å². The summed E-state index contributed by atoms with van der Waals surface area (Å²) in [4.78, 5) is 32.0. The number of methoxy groups -OCH3 is 1. The molecule has 50 heavy (non-hydrogen) atoms. The Morgan fingerprint density at radius 1 is 1.12 bits per heavy atom. The van der Waals surface area contributed by atoms with Crippen LogP contribution in [0.25, 0.3) is 33.5 Å². The summed E-state index contributed by atoms with van der Waals surface area (Å²) in [6.45, 7) is 7.32. The number of hydrogen-bond donors (Lipinski definition) is 0. The first-order valence-corrected chi connectivity index (χ1v) is 20.6. The van der Waals surface area contributed by atoms with Crippen molar-refractivity contribution in [2.45, 2.75) is 65.3 Å². The normalized spacial score (nSPS) is 14.7. The fourth-order valence-electron chi connectivity index (χ4n) is 5.96. The molecule has 0 spiro atoms. The molecule has 0 saturated heterocycles. The molecule has 262 valence electrons. The van der Waals surface area contributed by atoms with Crippen molar-refractivity contribution in [1.29, 1.82) is 0 Å². The van der Waals surface area contributed by atoms with Crippen molar-refractivity contribution in [3.63, 3.8) is 0 Å². The van der Waals surface area contributed by atoms with Crippen LogP contribution in [-0.2, 0) is 40.3 Å². The van der Waals surface area contributed by atoms with Gasteiger partial charge in [-0.1, -0.05) is 43.3 Å². The number of halogens is 3. The third-order valence-corrected chi connectivity index (χ3v) is 10.7. The minimum absolute atomic E-state index is 0.00898. The van der Waals surface area contributed by atoms with E-state index >= 15 is 4.39 Å². The first kappa shape index (κ1) is 36.1. The Kier molecular flexibility index (Phi) is 10.7. The number of rotatable bonds is 9. The third kappa shape index (κ3) is 7.20. The van der Waals surface area contributed by atoms with E-state index in [1.807, 2.05) is 55.5 Å². The van der Waals surface area contributed by atoms with Gasteiger partial charge in [-0.05, 0) is 95.8 Å². The molecule has 2 aromatic heterocycles. The predicted octanol–water partition coefficient (Wildman–Crippen LogP) is 8.85. The van der Waals surface area contributed by atoms with Crippen LogP contribution in [0.4, 0.5) is 13.1 Å². The average molecular weight is 834 g/mol. The first-order valence-electron chi connectivity index (χ1n) is 15.8. The smallest absolute Gasteiger partial charge is 0.411 e. The summed E-state index contributed by atoms with van der Waals surface area (Å²) < 4.78 is 49.8. The van der Waals surface area contributed by atoms with E-state index in [0.717, 1.165) is 27.8 Å². The van der Waals surface area contributed by atoms with Gasteiger partial charge in [-0.3, -0.25) is 4.90 Å². The maximum Gasteiger partial charge on any atom is 0.411 e. The molecule has 0 fully saturated rings. The van der Waals surface area contributed by atoms with Crippen molar-refractivity contribution >= 4 is 63.7 Å². The van der Waals surface area contributed by atoms with Gasteiger partial charge in [-0.25, -0.2) is 27.4 Å². The molecule has 1 aliphatic heterocycles. The number of aryl methyl sites for hydroxylation is 1.